The van der Waals surface area contributed by atoms with Gasteiger partial charge in [-0.2, -0.15) is 26.3 Å². The summed E-state index contributed by atoms with van der Waals surface area (Å²) in [5.41, 5.74) is 4.15. The second kappa shape index (κ2) is 13.6. The van der Waals surface area contributed by atoms with Gasteiger partial charge in [-0.15, -0.1) is 0 Å². The molecule has 5 aromatic rings. The van der Waals surface area contributed by atoms with Crippen LogP contribution in [-0.4, -0.2) is 12.9 Å². The van der Waals surface area contributed by atoms with Crippen LogP contribution < -0.4 is 14.2 Å². The Morgan fingerprint density at radius 2 is 1.10 bits per heavy atom. The van der Waals surface area contributed by atoms with Crippen molar-refractivity contribution in [1.29, 1.82) is 0 Å². The molecule has 0 bridgehead atoms. The fourth-order valence-electron chi connectivity index (χ4n) is 6.03. The fourth-order valence-corrected chi connectivity index (χ4v) is 6.03. The molecule has 0 radical (unpaired) electrons. The van der Waals surface area contributed by atoms with Gasteiger partial charge in [0.05, 0.1) is 12.5 Å². The molecule has 0 unspecified atom stereocenters. The normalized spacial score (nSPS) is 12.6. The Morgan fingerprint density at radius 3 is 1.63 bits per heavy atom. The quantitative estimate of drug-likeness (QED) is 0.0630. The molecular weight excluding hydrogens is 646 g/mol. The predicted molar refractivity (Wildman–Crippen MR) is 172 cm³/mol. The summed E-state index contributed by atoms with van der Waals surface area (Å²) >= 11 is 0. The van der Waals surface area contributed by atoms with Crippen LogP contribution in [0.4, 0.5) is 26.3 Å². The van der Waals surface area contributed by atoms with Gasteiger partial charge in [-0.1, -0.05) is 78.9 Å². The Balaban J connectivity index is 1.51. The first-order chi connectivity index (χ1) is 23.6. The van der Waals surface area contributed by atoms with E-state index in [9.17, 15) is 31.1 Å². The molecule has 0 N–H and O–H groups in total. The van der Waals surface area contributed by atoms with Crippen molar-refractivity contribution in [3.63, 3.8) is 0 Å². The van der Waals surface area contributed by atoms with Crippen molar-refractivity contribution >= 4 is 11.9 Å². The van der Waals surface area contributed by atoms with Crippen LogP contribution in [0.25, 0.3) is 17.2 Å². The van der Waals surface area contributed by atoms with Crippen LogP contribution in [0.1, 0.15) is 38.2 Å². The van der Waals surface area contributed by atoms with E-state index in [-0.39, 0.29) is 17.3 Å². The van der Waals surface area contributed by atoms with Crippen molar-refractivity contribution in [2.45, 2.75) is 5.41 Å². The van der Waals surface area contributed by atoms with Gasteiger partial charge in [-0.3, -0.25) is 4.79 Å². The topological polar surface area (TPSA) is 44.8 Å². The maximum atomic E-state index is 13.6. The van der Waals surface area contributed by atoms with Gasteiger partial charge < -0.3 is 14.2 Å². The number of ketones is 1. The SMILES string of the molecule is COc1ccc(C=CC(=O)c2ccc3c(c2)C(c2ccc(OC(F)=C(F)F)cc2)(c2ccc(OC(F)=C(F)F)cc2)c2ccccc2-3)cc1. The number of carbonyl (C=O) groups excluding carboxylic acids is 1. The zero-order valence-corrected chi connectivity index (χ0v) is 25.5. The maximum absolute atomic E-state index is 13.6. The number of rotatable bonds is 10. The molecule has 0 saturated heterocycles. The number of halogens is 6. The van der Waals surface area contributed by atoms with Crippen LogP contribution in [-0.2, 0) is 5.41 Å². The van der Waals surface area contributed by atoms with Crippen LogP contribution in [0, 0.1) is 0 Å². The minimum Gasteiger partial charge on any atom is -0.497 e. The minimum absolute atomic E-state index is 0.192. The lowest BCUT2D eigenvalue weighted by Gasteiger charge is -2.34. The number of carbonyl (C=O) groups is 1. The molecule has 4 nitrogen and oxygen atoms in total. The molecule has 1 aliphatic rings. The average molecular weight is 671 g/mol. The van der Waals surface area contributed by atoms with Gasteiger partial charge >= 0.3 is 24.2 Å². The third-order valence-corrected chi connectivity index (χ3v) is 8.16. The van der Waals surface area contributed by atoms with Gasteiger partial charge in [0.15, 0.2) is 5.78 Å². The molecule has 0 fully saturated rings. The largest absolute Gasteiger partial charge is 0.497 e. The van der Waals surface area contributed by atoms with E-state index in [1.54, 1.807) is 73.8 Å². The smallest absolute Gasteiger partial charge is 0.344 e. The van der Waals surface area contributed by atoms with Crippen molar-refractivity contribution in [1.82, 2.24) is 0 Å². The molecule has 5 aromatic carbocycles. The molecule has 6 rings (SSSR count). The number of fused-ring (bicyclic) bond motifs is 3. The van der Waals surface area contributed by atoms with Crippen molar-refractivity contribution in [2.24, 2.45) is 0 Å². The molecule has 0 amide bonds. The van der Waals surface area contributed by atoms with Gasteiger partial charge in [0.1, 0.15) is 17.2 Å². The molecular formula is C39H24F6O4. The summed E-state index contributed by atoms with van der Waals surface area (Å²) in [6, 6.07) is 27.5. The second-order valence-corrected chi connectivity index (χ2v) is 10.8. The van der Waals surface area contributed by atoms with E-state index < -0.39 is 29.6 Å². The number of ether oxygens (including phenoxy) is 3. The van der Waals surface area contributed by atoms with Crippen LogP contribution in [0.5, 0.6) is 17.2 Å². The van der Waals surface area contributed by atoms with Gasteiger partial charge in [0.2, 0.25) is 0 Å². The van der Waals surface area contributed by atoms with Gasteiger partial charge in [0, 0.05) is 5.56 Å². The molecule has 0 heterocycles. The highest BCUT2D eigenvalue weighted by Gasteiger charge is 2.46. The Morgan fingerprint density at radius 1 is 0.592 bits per heavy atom. The monoisotopic (exact) mass is 670 g/mol. The Hall–Kier alpha value is -6.03. The van der Waals surface area contributed by atoms with Gasteiger partial charge in [0.25, 0.3) is 0 Å². The number of allylic oxidation sites excluding steroid dienone is 1. The molecule has 0 saturated carbocycles. The minimum atomic E-state index is -2.61. The molecule has 0 aromatic heterocycles. The molecule has 1 aliphatic carbocycles. The lowest BCUT2D eigenvalue weighted by molar-refractivity contribution is 0.104. The summed E-state index contributed by atoms with van der Waals surface area (Å²) < 4.78 is 92.8. The van der Waals surface area contributed by atoms with Crippen molar-refractivity contribution in [3.8, 4) is 28.4 Å². The zero-order valence-electron chi connectivity index (χ0n) is 25.5. The highest BCUT2D eigenvalue weighted by atomic mass is 19.3. The molecule has 246 valence electrons. The predicted octanol–water partition coefficient (Wildman–Crippen LogP) is 10.8. The van der Waals surface area contributed by atoms with E-state index in [1.807, 2.05) is 30.3 Å². The number of hydrogen-bond acceptors (Lipinski definition) is 4. The van der Waals surface area contributed by atoms with Gasteiger partial charge in [-0.25, -0.2) is 0 Å². The van der Waals surface area contributed by atoms with E-state index in [0.29, 0.717) is 28.0 Å². The first-order valence-corrected chi connectivity index (χ1v) is 14.7. The Kier molecular flexibility index (Phi) is 9.13. The highest BCUT2D eigenvalue weighted by molar-refractivity contribution is 6.07. The van der Waals surface area contributed by atoms with E-state index in [2.05, 4.69) is 9.47 Å². The fraction of sp³-hybridized carbons (Fsp3) is 0.0513. The van der Waals surface area contributed by atoms with E-state index >= 15 is 0 Å². The number of benzene rings is 5. The summed E-state index contributed by atoms with van der Waals surface area (Å²) in [6.45, 7) is 0. The van der Waals surface area contributed by atoms with Crippen molar-refractivity contribution in [3.05, 3.63) is 179 Å². The van der Waals surface area contributed by atoms with Crippen LogP contribution in [0.2, 0.25) is 0 Å². The Bertz CT molecular complexity index is 2040. The summed E-state index contributed by atoms with van der Waals surface area (Å²) in [4.78, 5) is 13.6. The molecule has 0 spiro atoms. The van der Waals surface area contributed by atoms with Gasteiger partial charge in [-0.05, 0) is 87.5 Å². The van der Waals surface area contributed by atoms with Crippen molar-refractivity contribution in [2.75, 3.05) is 7.11 Å². The highest BCUT2D eigenvalue weighted by Crippen LogP contribution is 2.56. The standard InChI is InChI=1S/C39H24F6O4/c1-47-27-14-6-23(7-15-27)8-21-34(46)24-9-20-31-30-4-2-3-5-32(30)39(33(31)22-24,25-10-16-28(17-11-25)48-37(44)35(40)41)26-12-18-29(19-13-26)49-38(45)36(42)43/h2-22H,1H3. The lowest BCUT2D eigenvalue weighted by atomic mass is 9.67. The third-order valence-electron chi connectivity index (χ3n) is 8.16. The molecule has 0 aliphatic heterocycles. The number of hydrogen-bond donors (Lipinski definition) is 0. The molecule has 49 heavy (non-hydrogen) atoms. The van der Waals surface area contributed by atoms with E-state index in [0.717, 1.165) is 22.3 Å². The first kappa shape index (κ1) is 32.9. The summed E-state index contributed by atoms with van der Waals surface area (Å²) in [5, 5.41) is 0. The van der Waals surface area contributed by atoms with E-state index in [1.165, 1.54) is 30.3 Å². The number of methoxy groups -OCH3 is 1. The summed E-state index contributed by atoms with van der Waals surface area (Å²) in [7, 11) is 1.56. The average Bonchev–Trinajstić information content (AvgIpc) is 3.41. The first-order valence-electron chi connectivity index (χ1n) is 14.7. The van der Waals surface area contributed by atoms with Crippen LogP contribution >= 0.6 is 0 Å². The van der Waals surface area contributed by atoms with Crippen molar-refractivity contribution < 1.29 is 45.3 Å². The summed E-state index contributed by atoms with van der Waals surface area (Å²) in [5.74, 6) is -0.00309. The van der Waals surface area contributed by atoms with Crippen LogP contribution in [0.15, 0.2) is 146 Å². The third kappa shape index (κ3) is 6.32. The van der Waals surface area contributed by atoms with Crippen LogP contribution in [0.3, 0.4) is 0 Å². The molecule has 0 atom stereocenters. The summed E-state index contributed by atoms with van der Waals surface area (Å²) in [6.07, 6.45) is -2.10. The van der Waals surface area contributed by atoms with E-state index in [4.69, 9.17) is 4.74 Å². The second-order valence-electron chi connectivity index (χ2n) is 10.8. The Labute approximate surface area is 276 Å². The maximum Gasteiger partial charge on any atom is 0.344 e. The lowest BCUT2D eigenvalue weighted by Crippen LogP contribution is -2.28. The molecule has 10 heteroatoms. The zero-order chi connectivity index (χ0) is 34.7.